The van der Waals surface area contributed by atoms with Gasteiger partial charge >= 0.3 is 35.7 Å². The van der Waals surface area contributed by atoms with E-state index in [-0.39, 0.29) is 141 Å². The number of carboxylic acids is 1. The number of rotatable bonds is 12. The molecular formula is C95H134Cl3N13O27. The fourth-order valence-electron chi connectivity index (χ4n) is 15.1. The third-order valence-corrected chi connectivity index (χ3v) is 21.9. The Bertz CT molecular complexity index is 5310. The molecule has 8 fully saturated rings. The molecule has 0 aliphatic carbocycles. The highest BCUT2D eigenvalue weighted by molar-refractivity contribution is 5.89. The number of aromatic carboxylic acids is 1. The molecule has 0 bridgehead atoms. The lowest BCUT2D eigenvalue weighted by molar-refractivity contribution is 0.0554. The number of anilines is 5. The van der Waals surface area contributed by atoms with Gasteiger partial charge in [-0.05, 0) is 241 Å². The van der Waals surface area contributed by atoms with E-state index >= 15 is 0 Å². The molecule has 16 rings (SSSR count). The normalized spacial score (nSPS) is 19.8. The zero-order valence-corrected chi connectivity index (χ0v) is 81.8. The second kappa shape index (κ2) is 60.3. The summed E-state index contributed by atoms with van der Waals surface area (Å²) in [5.41, 5.74) is 19.9. The quantitative estimate of drug-likeness (QED) is 0.0441. The number of hydrogen-bond acceptors (Lipinski definition) is 30. The van der Waals surface area contributed by atoms with Gasteiger partial charge in [0.2, 0.25) is 0 Å². The molecule has 8 aromatic heterocycles. The molecule has 8 aliphatic heterocycles. The van der Waals surface area contributed by atoms with E-state index in [0.717, 1.165) is 156 Å². The van der Waals surface area contributed by atoms with Crippen LogP contribution in [0.2, 0.25) is 0 Å². The molecule has 8 atom stereocenters. The topological polar surface area (TPSA) is 529 Å². The molecule has 8 saturated heterocycles. The molecule has 8 aromatic rings. The van der Waals surface area contributed by atoms with Crippen LogP contribution < -0.4 is 78.1 Å². The highest BCUT2D eigenvalue weighted by atomic mass is 35.5. The molecule has 0 radical (unpaired) electrons. The van der Waals surface area contributed by atoms with Crippen molar-refractivity contribution in [3.8, 4) is 0 Å². The summed E-state index contributed by atoms with van der Waals surface area (Å²) >= 11 is 0. The maximum Gasteiger partial charge on any atom is 0.412 e. The maximum atomic E-state index is 12.4. The Morgan fingerprint density at radius 3 is 0.833 bits per heavy atom. The summed E-state index contributed by atoms with van der Waals surface area (Å²) < 4.78 is 77.4. The summed E-state index contributed by atoms with van der Waals surface area (Å²) in [5.74, 6) is -2.46. The number of methoxy groups -OCH3 is 2. The molecule has 138 heavy (non-hydrogen) atoms. The van der Waals surface area contributed by atoms with Gasteiger partial charge in [0.15, 0.2) is 0 Å². The van der Waals surface area contributed by atoms with Crippen molar-refractivity contribution in [3.05, 3.63) is 246 Å². The molecule has 762 valence electrons. The number of nitrogens with two attached hydrogens (primary N) is 4. The lowest BCUT2D eigenvalue weighted by Gasteiger charge is -2.24. The molecule has 0 aromatic carbocycles. The molecule has 40 nitrogen and oxygen atoms in total. The van der Waals surface area contributed by atoms with Gasteiger partial charge in [0.05, 0.1) is 133 Å². The summed E-state index contributed by atoms with van der Waals surface area (Å²) in [5, 5.41) is 13.9. The highest BCUT2D eigenvalue weighted by Gasteiger charge is 2.28. The number of esters is 2. The molecule has 2 amide bonds. The number of ether oxygens (including phenoxy) is 12. The molecular weight excluding hydrogens is 1860 g/mol. The van der Waals surface area contributed by atoms with E-state index in [1.54, 1.807) is 185 Å². The number of carbonyl (C=O) groups is 5. The first-order valence-electron chi connectivity index (χ1n) is 45.3. The number of nitrogens with zero attached hydrogens (tertiary/aromatic N) is 7. The van der Waals surface area contributed by atoms with Crippen molar-refractivity contribution >= 4 is 95.8 Å². The number of carbonyl (C=O) groups excluding carboxylic acids is 4. The van der Waals surface area contributed by atoms with Crippen LogP contribution in [0.25, 0.3) is 0 Å². The monoisotopic (exact) mass is 1990 g/mol. The van der Waals surface area contributed by atoms with Gasteiger partial charge in [-0.3, -0.25) is 44.2 Å². The van der Waals surface area contributed by atoms with Crippen molar-refractivity contribution in [1.82, 2.24) is 32.0 Å². The van der Waals surface area contributed by atoms with Crippen molar-refractivity contribution in [3.63, 3.8) is 0 Å². The van der Waals surface area contributed by atoms with E-state index < -0.39 is 52.5 Å². The summed E-state index contributed by atoms with van der Waals surface area (Å²) in [7, 11) is 2.47. The molecule has 0 saturated carbocycles. The van der Waals surface area contributed by atoms with Crippen molar-refractivity contribution in [1.29, 1.82) is 0 Å². The van der Waals surface area contributed by atoms with E-state index in [9.17, 15) is 62.3 Å². The summed E-state index contributed by atoms with van der Waals surface area (Å²) in [6, 6.07) is 26.6. The van der Waals surface area contributed by atoms with Crippen LogP contribution in [0.15, 0.2) is 189 Å². The Labute approximate surface area is 817 Å². The summed E-state index contributed by atoms with van der Waals surface area (Å²) in [6.07, 6.45) is 27.5. The van der Waals surface area contributed by atoms with Crippen molar-refractivity contribution in [2.45, 2.75) is 204 Å². The molecule has 0 spiro atoms. The number of halogens is 3. The average Bonchev–Trinajstić information content (AvgIpc) is 0.841. The molecule has 8 aliphatic rings. The van der Waals surface area contributed by atoms with Gasteiger partial charge in [-0.2, -0.15) is 0 Å². The summed E-state index contributed by atoms with van der Waals surface area (Å²) in [6.45, 7) is 21.5. The second-order valence-electron chi connectivity index (χ2n) is 34.5. The van der Waals surface area contributed by atoms with E-state index in [4.69, 9.17) is 75.4 Å². The van der Waals surface area contributed by atoms with Crippen LogP contribution in [-0.4, -0.2) is 204 Å². The largest absolute Gasteiger partial charge is 0.477 e. The third-order valence-electron chi connectivity index (χ3n) is 21.9. The van der Waals surface area contributed by atoms with Gasteiger partial charge in [0, 0.05) is 102 Å². The number of nitrogen functional groups attached to an aromatic ring is 3. The second-order valence-corrected chi connectivity index (χ2v) is 34.5. The Morgan fingerprint density at radius 2 is 0.587 bits per heavy atom. The van der Waals surface area contributed by atoms with Gasteiger partial charge in [-0.25, -0.2) is 28.8 Å². The molecule has 6 unspecified atom stereocenters. The Balaban J connectivity index is 0.000000276. The first-order valence-corrected chi connectivity index (χ1v) is 45.3. The summed E-state index contributed by atoms with van der Waals surface area (Å²) in [4.78, 5) is 151. The Morgan fingerprint density at radius 1 is 0.341 bits per heavy atom. The SMILES string of the molecule is CC(C)(C)OC(=O)Nc1cccn(C2CCCOC2)c1=O.CC(C)(C)OC(=O)Nc1cccn(C2CCCOC2)c1=O.COC(=O)c1cccn(C2CCCOC2)c1=O.COC(=O)c1cccoc1=O.Cl.Cl.Cl.NC1CCCOC1.Nc1cccn(C2CCCOC2)c1=O.Nc1cccn([C@@H]2CCCOC2)c1=O.Nc1cccn([C@H]2CCCOC2)c1=O.O=C(O)c1cccn(C2CCCOC2)c1=O. The highest BCUT2D eigenvalue weighted by Crippen LogP contribution is 2.25. The number of aromatic nitrogens is 7. The van der Waals surface area contributed by atoms with Crippen molar-refractivity contribution in [2.24, 2.45) is 5.73 Å². The van der Waals surface area contributed by atoms with E-state index in [2.05, 4.69) is 24.5 Å². The van der Waals surface area contributed by atoms with Crippen LogP contribution in [0.4, 0.5) is 38.0 Å². The third kappa shape index (κ3) is 38.0. The van der Waals surface area contributed by atoms with Gasteiger partial charge in [0.1, 0.15) is 39.3 Å². The minimum atomic E-state index is -1.18. The molecule has 11 N–H and O–H groups in total. The standard InChI is InChI=1S/2C15H22N2O4.C12H15NO4.C11H13NO4.3C10H14N2O2.C7H6O4.C5H11NO.3ClH/c2*1-15(2,3)21-14(19)16-12-7-4-8-17(13(12)18)11-6-5-9-20-10-11;1-16-12(15)10-5-2-6-13(11(10)14)9-4-3-7-17-8-9;13-10-9(11(14)15)4-1-5-12(10)8-3-2-6-16-7-8;3*11-9-4-1-5-12(10(9)13)8-3-2-6-14-7-8;1-10-6(8)5-3-2-4-11-7(5)9;6-5-2-1-3-7-4-5;;;/h2*4,7-8,11H,5-6,9-10H2,1-3H3,(H,16,19);2,5-6,9H,3-4,7-8H2,1H3;1,4-5,8H,2-3,6-7H2,(H,14,15);3*1,4-5,8H,2-3,6-7,11H2;2-4H,1H3;5H,1-4,6H2;3*1H/t;;;;2*8-;;;;;;/m....10....../s1. The fraction of sp³-hybridized carbons (Fsp3) is 0.526. The van der Waals surface area contributed by atoms with Crippen molar-refractivity contribution < 1.29 is 90.3 Å². The maximum absolute atomic E-state index is 12.4. The van der Waals surface area contributed by atoms with Gasteiger partial charge in [-0.1, -0.05) is 0 Å². The van der Waals surface area contributed by atoms with Crippen LogP contribution in [0.5, 0.6) is 0 Å². The van der Waals surface area contributed by atoms with Crippen LogP contribution in [0.1, 0.15) is 218 Å². The number of amides is 2. The lowest BCUT2D eigenvalue weighted by atomic mass is 10.1. The van der Waals surface area contributed by atoms with Gasteiger partial charge < -0.3 is 121 Å². The molecule has 43 heteroatoms. The zero-order chi connectivity index (χ0) is 98.0. The van der Waals surface area contributed by atoms with Crippen LogP contribution in [0.3, 0.4) is 0 Å². The minimum Gasteiger partial charge on any atom is -0.477 e. The van der Waals surface area contributed by atoms with Gasteiger partial charge in [-0.15, -0.1) is 37.2 Å². The number of hydrogen-bond donors (Lipinski definition) is 7. The van der Waals surface area contributed by atoms with Gasteiger partial charge in [0.25, 0.3) is 38.9 Å². The Kier molecular flexibility index (Phi) is 51.1. The predicted octanol–water partition coefficient (Wildman–Crippen LogP) is 11.1. The number of pyridine rings is 7. The first kappa shape index (κ1) is 117. The first-order chi connectivity index (χ1) is 64.7. The van der Waals surface area contributed by atoms with Crippen LogP contribution in [0, 0.1) is 0 Å². The number of carboxylic acid groups (broad SMARTS) is 1. The smallest absolute Gasteiger partial charge is 0.412 e. The van der Waals surface area contributed by atoms with E-state index in [0.29, 0.717) is 76.0 Å². The average molecular weight is 2000 g/mol. The predicted molar refractivity (Wildman–Crippen MR) is 526 cm³/mol. The van der Waals surface area contributed by atoms with Crippen LogP contribution >= 0.6 is 37.2 Å². The Hall–Kier alpha value is -11.5. The molecule has 16 heterocycles. The van der Waals surface area contributed by atoms with Crippen molar-refractivity contribution in [2.75, 3.05) is 148 Å². The van der Waals surface area contributed by atoms with E-state index in [1.807, 2.05) is 0 Å². The van der Waals surface area contributed by atoms with E-state index in [1.165, 1.54) is 49.3 Å². The fourth-order valence-corrected chi connectivity index (χ4v) is 15.1. The minimum absolute atomic E-state index is 0. The number of nitrogens with one attached hydrogen (secondary N) is 2. The lowest BCUT2D eigenvalue weighted by Crippen LogP contribution is -2.33. The zero-order valence-electron chi connectivity index (χ0n) is 79.3. The van der Waals surface area contributed by atoms with Crippen LogP contribution in [-0.2, 0) is 56.8 Å².